The van der Waals surface area contributed by atoms with Crippen LogP contribution in [0.1, 0.15) is 25.7 Å². The van der Waals surface area contributed by atoms with Crippen LogP contribution in [-0.2, 0) is 4.74 Å². The highest BCUT2D eigenvalue weighted by molar-refractivity contribution is 9.10. The molecule has 19 heavy (non-hydrogen) atoms. The van der Waals surface area contributed by atoms with Crippen molar-refractivity contribution in [3.05, 3.63) is 27.7 Å². The van der Waals surface area contributed by atoms with Gasteiger partial charge in [0, 0.05) is 16.7 Å². The van der Waals surface area contributed by atoms with Gasteiger partial charge in [0.05, 0.1) is 23.8 Å². The molecule has 0 saturated heterocycles. The lowest BCUT2D eigenvalue weighted by atomic mass is 10.3. The van der Waals surface area contributed by atoms with Gasteiger partial charge in [0.2, 0.25) is 0 Å². The molecule has 1 aliphatic carbocycles. The average molecular weight is 349 g/mol. The van der Waals surface area contributed by atoms with Crippen LogP contribution in [-0.4, -0.2) is 30.5 Å². The Labute approximate surface area is 127 Å². The van der Waals surface area contributed by atoms with Gasteiger partial charge in [0.15, 0.2) is 0 Å². The summed E-state index contributed by atoms with van der Waals surface area (Å²) >= 11 is 9.29. The molecular weight excluding hydrogens is 330 g/mol. The maximum absolute atomic E-state index is 9.87. The Kier molecular flexibility index (Phi) is 5.95. The number of aliphatic hydroxyl groups is 1. The first kappa shape index (κ1) is 15.1. The number of hydrogen-bond donors (Lipinski definition) is 2. The Morgan fingerprint density at radius 2 is 2.16 bits per heavy atom. The van der Waals surface area contributed by atoms with Crippen molar-refractivity contribution >= 4 is 33.2 Å². The van der Waals surface area contributed by atoms with Crippen molar-refractivity contribution in [3.8, 4) is 0 Å². The molecule has 1 atom stereocenters. The predicted octanol–water partition coefficient (Wildman–Crippen LogP) is 3.83. The molecule has 1 aromatic rings. The fraction of sp³-hybridized carbons (Fsp3) is 0.571. The molecule has 0 bridgehead atoms. The van der Waals surface area contributed by atoms with Crippen LogP contribution in [0.3, 0.4) is 0 Å². The highest BCUT2D eigenvalue weighted by Crippen LogP contribution is 2.25. The van der Waals surface area contributed by atoms with E-state index in [1.165, 1.54) is 12.8 Å². The molecule has 3 nitrogen and oxygen atoms in total. The van der Waals surface area contributed by atoms with Gasteiger partial charge in [-0.2, -0.15) is 0 Å². The lowest BCUT2D eigenvalue weighted by Crippen LogP contribution is -2.27. The van der Waals surface area contributed by atoms with Crippen LogP contribution in [0.25, 0.3) is 0 Å². The van der Waals surface area contributed by atoms with Crippen LogP contribution in [0.15, 0.2) is 22.7 Å². The zero-order chi connectivity index (χ0) is 13.7. The third kappa shape index (κ3) is 4.95. The lowest BCUT2D eigenvalue weighted by Gasteiger charge is -2.16. The summed E-state index contributed by atoms with van der Waals surface area (Å²) < 4.78 is 6.52. The molecule has 0 aliphatic heterocycles. The summed E-state index contributed by atoms with van der Waals surface area (Å²) in [4.78, 5) is 0. The molecule has 1 saturated carbocycles. The van der Waals surface area contributed by atoms with Gasteiger partial charge in [-0.05, 0) is 47.0 Å². The molecule has 2 N–H and O–H groups in total. The molecule has 1 aliphatic rings. The van der Waals surface area contributed by atoms with Crippen molar-refractivity contribution in [2.75, 3.05) is 18.5 Å². The Hall–Kier alpha value is -0.290. The van der Waals surface area contributed by atoms with E-state index in [0.717, 1.165) is 23.0 Å². The molecule has 0 aromatic heterocycles. The van der Waals surface area contributed by atoms with Crippen LogP contribution in [0, 0.1) is 0 Å². The highest BCUT2D eigenvalue weighted by Gasteiger charge is 2.16. The van der Waals surface area contributed by atoms with Gasteiger partial charge in [-0.25, -0.2) is 0 Å². The van der Waals surface area contributed by atoms with Gasteiger partial charge in [-0.3, -0.25) is 0 Å². The van der Waals surface area contributed by atoms with Gasteiger partial charge in [-0.1, -0.05) is 24.4 Å². The zero-order valence-corrected chi connectivity index (χ0v) is 13.1. The fourth-order valence-electron chi connectivity index (χ4n) is 2.20. The number of rotatable bonds is 6. The van der Waals surface area contributed by atoms with Crippen molar-refractivity contribution < 1.29 is 9.84 Å². The van der Waals surface area contributed by atoms with E-state index in [-0.39, 0.29) is 0 Å². The summed E-state index contributed by atoms with van der Waals surface area (Å²) in [6.45, 7) is 0.868. The summed E-state index contributed by atoms with van der Waals surface area (Å²) in [5, 5.41) is 13.7. The summed E-state index contributed by atoms with van der Waals surface area (Å²) in [7, 11) is 0. The van der Waals surface area contributed by atoms with Gasteiger partial charge >= 0.3 is 0 Å². The molecule has 0 heterocycles. The number of anilines is 1. The number of nitrogens with one attached hydrogen (secondary N) is 1. The molecule has 5 heteroatoms. The minimum Gasteiger partial charge on any atom is -0.389 e. The fourth-order valence-corrected chi connectivity index (χ4v) is 2.70. The van der Waals surface area contributed by atoms with E-state index in [2.05, 4.69) is 21.2 Å². The average Bonchev–Trinajstić information content (AvgIpc) is 2.91. The topological polar surface area (TPSA) is 41.5 Å². The summed E-state index contributed by atoms with van der Waals surface area (Å²) in [6.07, 6.45) is 4.61. The van der Waals surface area contributed by atoms with E-state index in [1.807, 2.05) is 18.2 Å². The van der Waals surface area contributed by atoms with Gasteiger partial charge in [0.1, 0.15) is 0 Å². The highest BCUT2D eigenvalue weighted by atomic mass is 79.9. The van der Waals surface area contributed by atoms with Gasteiger partial charge in [-0.15, -0.1) is 0 Å². The van der Waals surface area contributed by atoms with Crippen molar-refractivity contribution in [2.24, 2.45) is 0 Å². The van der Waals surface area contributed by atoms with E-state index in [1.54, 1.807) is 0 Å². The van der Waals surface area contributed by atoms with Gasteiger partial charge in [0.25, 0.3) is 0 Å². The molecule has 2 rings (SSSR count). The first-order valence-corrected chi connectivity index (χ1v) is 7.81. The number of benzene rings is 1. The third-order valence-corrected chi connectivity index (χ3v) is 4.50. The van der Waals surface area contributed by atoms with E-state index >= 15 is 0 Å². The maximum Gasteiger partial charge on any atom is 0.0945 e. The largest absolute Gasteiger partial charge is 0.389 e. The minimum absolute atomic E-state index is 0.347. The number of ether oxygens (including phenoxy) is 1. The van der Waals surface area contributed by atoms with Crippen molar-refractivity contribution in [1.82, 2.24) is 0 Å². The second kappa shape index (κ2) is 7.48. The second-order valence-electron chi connectivity index (χ2n) is 4.90. The smallest absolute Gasteiger partial charge is 0.0945 e. The first-order valence-electron chi connectivity index (χ1n) is 6.64. The standard InChI is InChI=1S/C14H19BrClNO2/c15-13-7-10(5-6-14(13)16)17-8-11(18)9-19-12-3-1-2-4-12/h5-7,11-12,17-18H,1-4,8-9H2. The Morgan fingerprint density at radius 1 is 1.42 bits per heavy atom. The van der Waals surface area contributed by atoms with E-state index in [0.29, 0.717) is 24.3 Å². The molecule has 1 fully saturated rings. The maximum atomic E-state index is 9.87. The SMILES string of the molecule is OC(CNc1ccc(Cl)c(Br)c1)COC1CCCC1. The molecule has 106 valence electrons. The molecule has 0 radical (unpaired) electrons. The van der Waals surface area contributed by atoms with Crippen molar-refractivity contribution in [1.29, 1.82) is 0 Å². The van der Waals surface area contributed by atoms with Crippen molar-refractivity contribution in [2.45, 2.75) is 37.9 Å². The number of aliphatic hydroxyl groups excluding tert-OH is 1. The van der Waals surface area contributed by atoms with Crippen LogP contribution < -0.4 is 5.32 Å². The lowest BCUT2D eigenvalue weighted by molar-refractivity contribution is -0.00117. The first-order chi connectivity index (χ1) is 9.15. The van der Waals surface area contributed by atoms with Crippen LogP contribution in [0.2, 0.25) is 5.02 Å². The summed E-state index contributed by atoms with van der Waals surface area (Å²) in [5.41, 5.74) is 0.927. The number of hydrogen-bond acceptors (Lipinski definition) is 3. The summed E-state index contributed by atoms with van der Waals surface area (Å²) in [5.74, 6) is 0. The monoisotopic (exact) mass is 347 g/mol. The predicted molar refractivity (Wildman–Crippen MR) is 81.9 cm³/mol. The Bertz CT molecular complexity index is 410. The van der Waals surface area contributed by atoms with Crippen LogP contribution >= 0.6 is 27.5 Å². The molecule has 0 spiro atoms. The Balaban J connectivity index is 1.70. The minimum atomic E-state index is -0.491. The quantitative estimate of drug-likeness (QED) is 0.821. The molecule has 1 aromatic carbocycles. The Morgan fingerprint density at radius 3 is 2.84 bits per heavy atom. The second-order valence-corrected chi connectivity index (χ2v) is 6.16. The molecular formula is C14H19BrClNO2. The van der Waals surface area contributed by atoms with E-state index in [9.17, 15) is 5.11 Å². The van der Waals surface area contributed by atoms with Crippen LogP contribution in [0.4, 0.5) is 5.69 Å². The van der Waals surface area contributed by atoms with Crippen LogP contribution in [0.5, 0.6) is 0 Å². The normalized spacial score (nSPS) is 17.6. The molecule has 1 unspecified atom stereocenters. The number of halogens is 2. The van der Waals surface area contributed by atoms with Crippen molar-refractivity contribution in [3.63, 3.8) is 0 Å². The van der Waals surface area contributed by atoms with E-state index < -0.39 is 6.10 Å². The summed E-state index contributed by atoms with van der Waals surface area (Å²) in [6, 6.07) is 5.60. The van der Waals surface area contributed by atoms with Gasteiger partial charge < -0.3 is 15.2 Å². The zero-order valence-electron chi connectivity index (χ0n) is 10.7. The molecule has 0 amide bonds. The third-order valence-electron chi connectivity index (χ3n) is 3.29. The van der Waals surface area contributed by atoms with E-state index in [4.69, 9.17) is 16.3 Å².